The highest BCUT2D eigenvalue weighted by molar-refractivity contribution is 6.34. The summed E-state index contributed by atoms with van der Waals surface area (Å²) in [6.07, 6.45) is 3.34. The molecule has 1 aliphatic rings. The molecule has 24 heavy (non-hydrogen) atoms. The first-order chi connectivity index (χ1) is 10.8. The number of anilines is 1. The number of rotatable bonds is 5. The molecule has 0 aliphatic heterocycles. The van der Waals surface area contributed by atoms with Crippen molar-refractivity contribution in [3.8, 4) is 0 Å². The van der Waals surface area contributed by atoms with Crippen LogP contribution < -0.4 is 16.4 Å². The van der Waals surface area contributed by atoms with Crippen LogP contribution in [0.15, 0.2) is 18.2 Å². The van der Waals surface area contributed by atoms with Crippen molar-refractivity contribution in [2.75, 3.05) is 11.9 Å². The molecule has 0 saturated heterocycles. The molecule has 0 radical (unpaired) electrons. The molecule has 1 aromatic rings. The first-order valence-electron chi connectivity index (χ1n) is 8.00. The number of hydrogen-bond acceptors (Lipinski definition) is 3. The van der Waals surface area contributed by atoms with Gasteiger partial charge in [-0.1, -0.05) is 38.3 Å². The molecule has 0 spiro atoms. The van der Waals surface area contributed by atoms with Crippen LogP contribution >= 0.6 is 24.0 Å². The molecular weight excluding hydrogens is 349 g/mol. The number of amides is 2. The van der Waals surface area contributed by atoms with Crippen LogP contribution in [0.2, 0.25) is 5.02 Å². The lowest BCUT2D eigenvalue weighted by Crippen LogP contribution is -2.48. The van der Waals surface area contributed by atoms with Crippen molar-refractivity contribution >= 4 is 41.5 Å². The summed E-state index contributed by atoms with van der Waals surface area (Å²) in [5, 5.41) is 5.93. The maximum Gasteiger partial charge on any atom is 0.252 e. The van der Waals surface area contributed by atoms with Crippen molar-refractivity contribution in [2.45, 2.75) is 45.1 Å². The van der Waals surface area contributed by atoms with E-state index in [4.69, 9.17) is 17.3 Å². The van der Waals surface area contributed by atoms with E-state index in [1.165, 1.54) is 0 Å². The van der Waals surface area contributed by atoms with Crippen LogP contribution in [0.4, 0.5) is 5.69 Å². The van der Waals surface area contributed by atoms with E-state index in [9.17, 15) is 9.59 Å². The summed E-state index contributed by atoms with van der Waals surface area (Å²) in [6.45, 7) is 4.63. The number of carbonyl (C=O) groups is 2. The molecule has 0 atom stereocenters. The lowest BCUT2D eigenvalue weighted by molar-refractivity contribution is -0.121. The van der Waals surface area contributed by atoms with Crippen LogP contribution in [-0.2, 0) is 4.79 Å². The first-order valence-corrected chi connectivity index (χ1v) is 8.38. The predicted octanol–water partition coefficient (Wildman–Crippen LogP) is 3.36. The Morgan fingerprint density at radius 3 is 2.46 bits per heavy atom. The standard InChI is InChI=1S/C17H24ClN3O2.ClH/c1-11(2)10-20-15(22)13-6-5-12(9-14(13)18)21-16(23)17(19)7-3-4-8-17;/h5-6,9,11H,3-4,7-8,10,19H2,1-2H3,(H,20,22)(H,21,23);1H. The number of hydrogen-bond donors (Lipinski definition) is 3. The van der Waals surface area contributed by atoms with Gasteiger partial charge in [-0.25, -0.2) is 0 Å². The highest BCUT2D eigenvalue weighted by Gasteiger charge is 2.37. The van der Waals surface area contributed by atoms with Crippen molar-refractivity contribution in [2.24, 2.45) is 11.7 Å². The van der Waals surface area contributed by atoms with Gasteiger partial charge in [0.25, 0.3) is 5.91 Å². The summed E-state index contributed by atoms with van der Waals surface area (Å²) in [6, 6.07) is 4.87. The molecule has 1 fully saturated rings. The molecule has 7 heteroatoms. The molecule has 0 bridgehead atoms. The number of nitrogens with two attached hydrogens (primary N) is 1. The highest BCUT2D eigenvalue weighted by Crippen LogP contribution is 2.29. The Labute approximate surface area is 154 Å². The van der Waals surface area contributed by atoms with Gasteiger partial charge < -0.3 is 16.4 Å². The minimum Gasteiger partial charge on any atom is -0.352 e. The van der Waals surface area contributed by atoms with Crippen LogP contribution in [0.5, 0.6) is 0 Å². The van der Waals surface area contributed by atoms with E-state index < -0.39 is 5.54 Å². The molecule has 1 aromatic carbocycles. The monoisotopic (exact) mass is 373 g/mol. The van der Waals surface area contributed by atoms with Gasteiger partial charge in [-0.2, -0.15) is 0 Å². The number of carbonyl (C=O) groups excluding carboxylic acids is 2. The normalized spacial score (nSPS) is 15.7. The zero-order valence-corrected chi connectivity index (χ0v) is 15.6. The largest absolute Gasteiger partial charge is 0.352 e. The van der Waals surface area contributed by atoms with Crippen molar-refractivity contribution in [3.05, 3.63) is 28.8 Å². The first kappa shape index (κ1) is 20.7. The third kappa shape index (κ3) is 5.10. The van der Waals surface area contributed by atoms with Crippen molar-refractivity contribution in [3.63, 3.8) is 0 Å². The van der Waals surface area contributed by atoms with E-state index in [1.807, 2.05) is 13.8 Å². The quantitative estimate of drug-likeness (QED) is 0.739. The highest BCUT2D eigenvalue weighted by atomic mass is 35.5. The fraction of sp³-hybridized carbons (Fsp3) is 0.529. The Kier molecular flexibility index (Phi) is 7.52. The van der Waals surface area contributed by atoms with Crippen LogP contribution in [-0.4, -0.2) is 23.9 Å². The Hall–Kier alpha value is -1.30. The molecule has 1 aliphatic carbocycles. The third-order valence-corrected chi connectivity index (χ3v) is 4.40. The zero-order chi connectivity index (χ0) is 17.0. The zero-order valence-electron chi connectivity index (χ0n) is 14.0. The smallest absolute Gasteiger partial charge is 0.252 e. The topological polar surface area (TPSA) is 84.2 Å². The minimum atomic E-state index is -0.792. The summed E-state index contributed by atoms with van der Waals surface area (Å²) in [5.74, 6) is -0.0424. The molecule has 0 aromatic heterocycles. The number of halogens is 2. The summed E-state index contributed by atoms with van der Waals surface area (Å²) >= 11 is 6.17. The molecule has 2 amide bonds. The Morgan fingerprint density at radius 2 is 1.92 bits per heavy atom. The summed E-state index contributed by atoms with van der Waals surface area (Å²) in [7, 11) is 0. The van der Waals surface area contributed by atoms with Crippen LogP contribution in [0.25, 0.3) is 0 Å². The van der Waals surface area contributed by atoms with Crippen LogP contribution in [0.3, 0.4) is 0 Å². The Bertz CT molecular complexity index is 599. The summed E-state index contributed by atoms with van der Waals surface area (Å²) < 4.78 is 0. The van der Waals surface area contributed by atoms with Crippen molar-refractivity contribution in [1.82, 2.24) is 5.32 Å². The second kappa shape index (κ2) is 8.70. The van der Waals surface area contributed by atoms with Crippen LogP contribution in [0.1, 0.15) is 49.9 Å². The average molecular weight is 374 g/mol. The second-order valence-corrected chi connectivity index (χ2v) is 7.02. The fourth-order valence-corrected chi connectivity index (χ4v) is 2.92. The van der Waals surface area contributed by atoms with Gasteiger partial charge >= 0.3 is 0 Å². The molecule has 5 nitrogen and oxygen atoms in total. The lowest BCUT2D eigenvalue weighted by Gasteiger charge is -2.22. The molecular formula is C17H25Cl2N3O2. The van der Waals surface area contributed by atoms with Gasteiger partial charge in [0.05, 0.1) is 16.1 Å². The van der Waals surface area contributed by atoms with Gasteiger partial charge in [-0.15, -0.1) is 12.4 Å². The average Bonchev–Trinajstić information content (AvgIpc) is 2.93. The van der Waals surface area contributed by atoms with Gasteiger partial charge in [-0.05, 0) is 37.0 Å². The molecule has 134 valence electrons. The molecule has 2 rings (SSSR count). The van der Waals surface area contributed by atoms with Gasteiger partial charge in [0.15, 0.2) is 0 Å². The number of nitrogens with one attached hydrogen (secondary N) is 2. The van der Waals surface area contributed by atoms with Crippen molar-refractivity contribution in [1.29, 1.82) is 0 Å². The molecule has 0 heterocycles. The summed E-state index contributed by atoms with van der Waals surface area (Å²) in [4.78, 5) is 24.3. The van der Waals surface area contributed by atoms with Gasteiger partial charge in [-0.3, -0.25) is 9.59 Å². The third-order valence-electron chi connectivity index (χ3n) is 4.09. The molecule has 4 N–H and O–H groups in total. The van der Waals surface area contributed by atoms with Gasteiger partial charge in [0.2, 0.25) is 5.91 Å². The SMILES string of the molecule is CC(C)CNC(=O)c1ccc(NC(=O)C2(N)CCCC2)cc1Cl.Cl. The van der Waals surface area contributed by atoms with Gasteiger partial charge in [0.1, 0.15) is 0 Å². The van der Waals surface area contributed by atoms with E-state index in [0.29, 0.717) is 41.6 Å². The maximum atomic E-state index is 12.3. The van der Waals surface area contributed by atoms with Crippen LogP contribution in [0, 0.1) is 5.92 Å². The number of benzene rings is 1. The summed E-state index contributed by atoms with van der Waals surface area (Å²) in [5.41, 5.74) is 6.28. The molecule has 0 unspecified atom stereocenters. The lowest BCUT2D eigenvalue weighted by atomic mass is 9.98. The van der Waals surface area contributed by atoms with E-state index in [0.717, 1.165) is 12.8 Å². The fourth-order valence-electron chi connectivity index (χ4n) is 2.66. The van der Waals surface area contributed by atoms with Crippen molar-refractivity contribution < 1.29 is 9.59 Å². The van der Waals surface area contributed by atoms with E-state index in [2.05, 4.69) is 10.6 Å². The molecule has 1 saturated carbocycles. The second-order valence-electron chi connectivity index (χ2n) is 6.62. The van der Waals surface area contributed by atoms with Gasteiger partial charge in [0, 0.05) is 12.2 Å². The minimum absolute atomic E-state index is 0. The van der Waals surface area contributed by atoms with E-state index in [1.54, 1.807) is 18.2 Å². The Balaban J connectivity index is 0.00000288. The van der Waals surface area contributed by atoms with E-state index in [-0.39, 0.29) is 24.2 Å². The Morgan fingerprint density at radius 1 is 1.29 bits per heavy atom. The predicted molar refractivity (Wildman–Crippen MR) is 99.9 cm³/mol. The van der Waals surface area contributed by atoms with E-state index >= 15 is 0 Å². The maximum absolute atomic E-state index is 12.3.